The number of hydrogen-bond acceptors (Lipinski definition) is 5. The standard InChI is InChI=1S/C19H21NO4/c1-22-19(21)16-4-2-3-15(13-16)14-24-18-7-5-17(6-8-18)20-9-11-23-12-10-20/h2-8,13H,9-12,14H2,1H3. The molecule has 1 saturated heterocycles. The van der Waals surface area contributed by atoms with Crippen molar-refractivity contribution in [3.8, 4) is 5.75 Å². The minimum absolute atomic E-state index is 0.341. The Labute approximate surface area is 141 Å². The molecule has 0 amide bonds. The van der Waals surface area contributed by atoms with Crippen LogP contribution in [0.4, 0.5) is 5.69 Å². The van der Waals surface area contributed by atoms with Crippen LogP contribution in [0.3, 0.4) is 0 Å². The number of ether oxygens (including phenoxy) is 3. The summed E-state index contributed by atoms with van der Waals surface area (Å²) in [5, 5.41) is 0. The number of anilines is 1. The van der Waals surface area contributed by atoms with E-state index in [1.807, 2.05) is 24.3 Å². The molecule has 0 N–H and O–H groups in total. The first-order valence-corrected chi connectivity index (χ1v) is 7.99. The van der Waals surface area contributed by atoms with Crippen LogP contribution in [0.5, 0.6) is 5.75 Å². The van der Waals surface area contributed by atoms with Gasteiger partial charge in [0.25, 0.3) is 0 Å². The molecule has 0 aliphatic carbocycles. The van der Waals surface area contributed by atoms with Crippen molar-refractivity contribution >= 4 is 11.7 Å². The minimum Gasteiger partial charge on any atom is -0.489 e. The van der Waals surface area contributed by atoms with E-state index in [-0.39, 0.29) is 5.97 Å². The third-order valence-electron chi connectivity index (χ3n) is 3.97. The summed E-state index contributed by atoms with van der Waals surface area (Å²) < 4.78 is 15.9. The summed E-state index contributed by atoms with van der Waals surface area (Å²) in [5.41, 5.74) is 2.63. The quantitative estimate of drug-likeness (QED) is 0.790. The molecule has 2 aromatic carbocycles. The van der Waals surface area contributed by atoms with Gasteiger partial charge in [-0.05, 0) is 42.0 Å². The average molecular weight is 327 g/mol. The molecule has 0 saturated carbocycles. The Balaban J connectivity index is 1.59. The molecule has 3 rings (SSSR count). The van der Waals surface area contributed by atoms with E-state index >= 15 is 0 Å². The predicted octanol–water partition coefficient (Wildman–Crippen LogP) is 2.89. The van der Waals surface area contributed by atoms with E-state index in [1.54, 1.807) is 12.1 Å². The molecule has 24 heavy (non-hydrogen) atoms. The average Bonchev–Trinajstić information content (AvgIpc) is 2.67. The Kier molecular flexibility index (Phi) is 5.33. The van der Waals surface area contributed by atoms with Gasteiger partial charge in [0.15, 0.2) is 0 Å². The largest absolute Gasteiger partial charge is 0.489 e. The van der Waals surface area contributed by atoms with E-state index in [0.717, 1.165) is 37.6 Å². The molecule has 1 heterocycles. The molecule has 126 valence electrons. The topological polar surface area (TPSA) is 48.0 Å². The van der Waals surface area contributed by atoms with E-state index in [9.17, 15) is 4.79 Å². The number of nitrogens with zero attached hydrogens (tertiary/aromatic N) is 1. The molecule has 0 spiro atoms. The molecule has 5 nitrogen and oxygen atoms in total. The lowest BCUT2D eigenvalue weighted by Gasteiger charge is -2.28. The predicted molar refractivity (Wildman–Crippen MR) is 91.6 cm³/mol. The number of carbonyl (C=O) groups excluding carboxylic acids is 1. The smallest absolute Gasteiger partial charge is 0.337 e. The first-order valence-electron chi connectivity index (χ1n) is 7.99. The number of hydrogen-bond donors (Lipinski definition) is 0. The summed E-state index contributed by atoms with van der Waals surface area (Å²) in [4.78, 5) is 13.8. The van der Waals surface area contributed by atoms with Crippen molar-refractivity contribution in [1.29, 1.82) is 0 Å². The Morgan fingerprint density at radius 1 is 1.12 bits per heavy atom. The van der Waals surface area contributed by atoms with E-state index in [2.05, 4.69) is 17.0 Å². The first kappa shape index (κ1) is 16.3. The zero-order valence-corrected chi connectivity index (χ0v) is 13.7. The molecule has 5 heteroatoms. The van der Waals surface area contributed by atoms with E-state index in [1.165, 1.54) is 12.8 Å². The third-order valence-corrected chi connectivity index (χ3v) is 3.97. The van der Waals surface area contributed by atoms with Crippen molar-refractivity contribution in [2.24, 2.45) is 0 Å². The van der Waals surface area contributed by atoms with E-state index in [0.29, 0.717) is 12.2 Å². The van der Waals surface area contributed by atoms with Crippen LogP contribution >= 0.6 is 0 Å². The lowest BCUT2D eigenvalue weighted by molar-refractivity contribution is 0.0600. The van der Waals surface area contributed by atoms with Crippen LogP contribution in [0.15, 0.2) is 48.5 Å². The van der Waals surface area contributed by atoms with E-state index in [4.69, 9.17) is 14.2 Å². The number of benzene rings is 2. The van der Waals surface area contributed by atoms with Gasteiger partial charge in [-0.3, -0.25) is 0 Å². The highest BCUT2D eigenvalue weighted by Gasteiger charge is 2.11. The number of rotatable bonds is 5. The molecular weight excluding hydrogens is 306 g/mol. The second-order valence-corrected chi connectivity index (χ2v) is 5.57. The van der Waals surface area contributed by atoms with Crippen LogP contribution < -0.4 is 9.64 Å². The highest BCUT2D eigenvalue weighted by Crippen LogP contribution is 2.21. The highest BCUT2D eigenvalue weighted by molar-refractivity contribution is 5.89. The van der Waals surface area contributed by atoms with Crippen LogP contribution in [0.2, 0.25) is 0 Å². The highest BCUT2D eigenvalue weighted by atomic mass is 16.5. The second-order valence-electron chi connectivity index (χ2n) is 5.57. The maximum atomic E-state index is 11.6. The fraction of sp³-hybridized carbons (Fsp3) is 0.316. The molecule has 0 atom stereocenters. The fourth-order valence-corrected chi connectivity index (χ4v) is 2.65. The van der Waals surface area contributed by atoms with Crippen LogP contribution in [-0.4, -0.2) is 39.4 Å². The van der Waals surface area contributed by atoms with Crippen LogP contribution in [0, 0.1) is 0 Å². The summed E-state index contributed by atoms with van der Waals surface area (Å²) in [5.74, 6) is 0.460. The minimum atomic E-state index is -0.341. The summed E-state index contributed by atoms with van der Waals surface area (Å²) in [7, 11) is 1.38. The van der Waals surface area contributed by atoms with Crippen LogP contribution in [0.1, 0.15) is 15.9 Å². The number of carbonyl (C=O) groups is 1. The number of morpholine rings is 1. The van der Waals surface area contributed by atoms with Gasteiger partial charge in [0, 0.05) is 18.8 Å². The maximum Gasteiger partial charge on any atom is 0.337 e. The molecule has 1 aliphatic heterocycles. The molecule has 1 aliphatic rings. The Morgan fingerprint density at radius 3 is 2.58 bits per heavy atom. The molecular formula is C19H21NO4. The van der Waals surface area contributed by atoms with Gasteiger partial charge in [0.2, 0.25) is 0 Å². The summed E-state index contributed by atoms with van der Waals surface area (Å²) in [6, 6.07) is 15.3. The van der Waals surface area contributed by atoms with Gasteiger partial charge in [-0.15, -0.1) is 0 Å². The van der Waals surface area contributed by atoms with Gasteiger partial charge in [-0.25, -0.2) is 4.79 Å². The first-order chi connectivity index (χ1) is 11.8. The van der Waals surface area contributed by atoms with Gasteiger partial charge in [-0.2, -0.15) is 0 Å². The molecule has 0 bridgehead atoms. The SMILES string of the molecule is COC(=O)c1cccc(COc2ccc(N3CCOCC3)cc2)c1. The van der Waals surface area contributed by atoms with Gasteiger partial charge >= 0.3 is 5.97 Å². The zero-order valence-electron chi connectivity index (χ0n) is 13.7. The second kappa shape index (κ2) is 7.84. The van der Waals surface area contributed by atoms with Crippen molar-refractivity contribution < 1.29 is 19.0 Å². The van der Waals surface area contributed by atoms with Crippen molar-refractivity contribution in [1.82, 2.24) is 0 Å². The fourth-order valence-electron chi connectivity index (χ4n) is 2.65. The molecule has 0 aromatic heterocycles. The monoisotopic (exact) mass is 327 g/mol. The normalized spacial score (nSPS) is 14.3. The van der Waals surface area contributed by atoms with Crippen LogP contribution in [-0.2, 0) is 16.1 Å². The number of esters is 1. The van der Waals surface area contributed by atoms with Crippen molar-refractivity contribution in [3.63, 3.8) is 0 Å². The Morgan fingerprint density at radius 2 is 1.88 bits per heavy atom. The third kappa shape index (κ3) is 4.06. The van der Waals surface area contributed by atoms with E-state index < -0.39 is 0 Å². The van der Waals surface area contributed by atoms with Gasteiger partial charge in [0.05, 0.1) is 25.9 Å². The van der Waals surface area contributed by atoms with Gasteiger partial charge in [0.1, 0.15) is 12.4 Å². The molecule has 0 radical (unpaired) electrons. The maximum absolute atomic E-state index is 11.6. The zero-order chi connectivity index (χ0) is 16.8. The Hall–Kier alpha value is -2.53. The molecule has 2 aromatic rings. The summed E-state index contributed by atoms with van der Waals surface area (Å²) in [6.07, 6.45) is 0. The van der Waals surface area contributed by atoms with Crippen molar-refractivity contribution in [2.75, 3.05) is 38.3 Å². The lowest BCUT2D eigenvalue weighted by atomic mass is 10.1. The summed E-state index contributed by atoms with van der Waals surface area (Å²) in [6.45, 7) is 3.78. The van der Waals surface area contributed by atoms with Gasteiger partial charge in [-0.1, -0.05) is 12.1 Å². The molecule has 0 unspecified atom stereocenters. The number of methoxy groups -OCH3 is 1. The van der Waals surface area contributed by atoms with Crippen molar-refractivity contribution in [2.45, 2.75) is 6.61 Å². The summed E-state index contributed by atoms with van der Waals surface area (Å²) >= 11 is 0. The Bertz CT molecular complexity index is 678. The lowest BCUT2D eigenvalue weighted by Crippen LogP contribution is -2.36. The molecule has 1 fully saturated rings. The van der Waals surface area contributed by atoms with Crippen LogP contribution in [0.25, 0.3) is 0 Å². The van der Waals surface area contributed by atoms with Crippen molar-refractivity contribution in [3.05, 3.63) is 59.7 Å². The van der Waals surface area contributed by atoms with Gasteiger partial charge < -0.3 is 19.1 Å².